The second-order valence-electron chi connectivity index (χ2n) is 2.99. The van der Waals surface area contributed by atoms with Gasteiger partial charge in [0.25, 0.3) is 0 Å². The second kappa shape index (κ2) is 2.87. The van der Waals surface area contributed by atoms with Crippen molar-refractivity contribution < 1.29 is 0 Å². The monoisotopic (exact) mass is 177 g/mol. The molecule has 0 unspecified atom stereocenters. The molecule has 1 aliphatic rings. The van der Waals surface area contributed by atoms with Crippen LogP contribution in [-0.2, 0) is 0 Å². The van der Waals surface area contributed by atoms with E-state index in [1.54, 1.807) is 0 Å². The van der Waals surface area contributed by atoms with Gasteiger partial charge in [-0.05, 0) is 12.1 Å². The van der Waals surface area contributed by atoms with Gasteiger partial charge in [0.15, 0.2) is 0 Å². The number of hydrogen-bond donors (Lipinski definition) is 1. The topological polar surface area (TPSA) is 3.24 Å². The molecule has 12 heavy (non-hydrogen) atoms. The van der Waals surface area contributed by atoms with Crippen molar-refractivity contribution in [2.45, 2.75) is 4.90 Å². The highest BCUT2D eigenvalue weighted by Crippen LogP contribution is 2.29. The van der Waals surface area contributed by atoms with Crippen molar-refractivity contribution in [3.05, 3.63) is 29.8 Å². The SMILES string of the molecule is CN1CC=Cc2c(S)cccc21. The maximum atomic E-state index is 4.40. The molecule has 0 N–H and O–H groups in total. The first-order valence-electron chi connectivity index (χ1n) is 3.98. The van der Waals surface area contributed by atoms with Gasteiger partial charge in [-0.1, -0.05) is 18.2 Å². The lowest BCUT2D eigenvalue weighted by Crippen LogP contribution is -2.20. The maximum absolute atomic E-state index is 4.40. The molecule has 0 aromatic heterocycles. The second-order valence-corrected chi connectivity index (χ2v) is 3.47. The molecule has 0 saturated carbocycles. The normalized spacial score (nSPS) is 14.7. The average Bonchev–Trinajstić information content (AvgIpc) is 2.07. The largest absolute Gasteiger partial charge is 0.370 e. The smallest absolute Gasteiger partial charge is 0.0451 e. The molecule has 0 atom stereocenters. The highest BCUT2D eigenvalue weighted by Gasteiger charge is 2.09. The van der Waals surface area contributed by atoms with E-state index in [2.05, 4.69) is 42.8 Å². The zero-order valence-corrected chi connectivity index (χ0v) is 7.88. The van der Waals surface area contributed by atoms with Gasteiger partial charge in [-0.2, -0.15) is 0 Å². The summed E-state index contributed by atoms with van der Waals surface area (Å²) in [5, 5.41) is 0. The van der Waals surface area contributed by atoms with Crippen LogP contribution in [0.5, 0.6) is 0 Å². The van der Waals surface area contributed by atoms with E-state index in [4.69, 9.17) is 0 Å². The van der Waals surface area contributed by atoms with Crippen molar-refractivity contribution in [3.63, 3.8) is 0 Å². The maximum Gasteiger partial charge on any atom is 0.0451 e. The molecule has 0 amide bonds. The molecular weight excluding hydrogens is 166 g/mol. The number of thiol groups is 1. The molecule has 0 spiro atoms. The Labute approximate surface area is 78.1 Å². The molecule has 2 rings (SSSR count). The van der Waals surface area contributed by atoms with Crippen molar-refractivity contribution in [1.29, 1.82) is 0 Å². The van der Waals surface area contributed by atoms with Crippen molar-refractivity contribution >= 4 is 24.4 Å². The molecule has 2 heteroatoms. The van der Waals surface area contributed by atoms with E-state index >= 15 is 0 Å². The third-order valence-corrected chi connectivity index (χ3v) is 2.53. The Hall–Kier alpha value is -0.890. The van der Waals surface area contributed by atoms with Gasteiger partial charge in [0.1, 0.15) is 0 Å². The molecule has 1 aliphatic heterocycles. The van der Waals surface area contributed by atoms with Crippen molar-refractivity contribution in [2.75, 3.05) is 18.5 Å². The molecule has 0 radical (unpaired) electrons. The molecule has 1 aromatic carbocycles. The quantitative estimate of drug-likeness (QED) is 0.596. The van der Waals surface area contributed by atoms with E-state index in [9.17, 15) is 0 Å². The van der Waals surface area contributed by atoms with Crippen LogP contribution in [0.4, 0.5) is 5.69 Å². The van der Waals surface area contributed by atoms with Gasteiger partial charge >= 0.3 is 0 Å². The van der Waals surface area contributed by atoms with E-state index in [0.717, 1.165) is 11.4 Å². The lowest BCUT2D eigenvalue weighted by atomic mass is 10.1. The number of rotatable bonds is 0. The van der Waals surface area contributed by atoms with E-state index in [-0.39, 0.29) is 0 Å². The Bertz CT molecular complexity index is 331. The highest BCUT2D eigenvalue weighted by atomic mass is 32.1. The number of benzene rings is 1. The minimum Gasteiger partial charge on any atom is -0.370 e. The van der Waals surface area contributed by atoms with Gasteiger partial charge in [-0.25, -0.2) is 0 Å². The summed E-state index contributed by atoms with van der Waals surface area (Å²) < 4.78 is 0. The Morgan fingerprint density at radius 3 is 3.00 bits per heavy atom. The van der Waals surface area contributed by atoms with Crippen LogP contribution in [-0.4, -0.2) is 13.6 Å². The molecule has 1 nitrogen and oxygen atoms in total. The van der Waals surface area contributed by atoms with Gasteiger partial charge < -0.3 is 4.90 Å². The minimum atomic E-state index is 0.990. The summed E-state index contributed by atoms with van der Waals surface area (Å²) in [6, 6.07) is 6.18. The minimum absolute atomic E-state index is 0.990. The third kappa shape index (κ3) is 1.12. The van der Waals surface area contributed by atoms with E-state index in [0.29, 0.717) is 0 Å². The Morgan fingerprint density at radius 2 is 2.25 bits per heavy atom. The van der Waals surface area contributed by atoms with Gasteiger partial charge in [0.2, 0.25) is 0 Å². The standard InChI is InChI=1S/C10H11NS/c1-11-7-3-4-8-9(11)5-2-6-10(8)12/h2-6,12H,7H2,1H3. The van der Waals surface area contributed by atoms with Crippen LogP contribution in [0, 0.1) is 0 Å². The molecule has 62 valence electrons. The summed E-state index contributed by atoms with van der Waals surface area (Å²) >= 11 is 4.40. The lowest BCUT2D eigenvalue weighted by Gasteiger charge is -2.24. The highest BCUT2D eigenvalue weighted by molar-refractivity contribution is 7.80. The van der Waals surface area contributed by atoms with Crippen molar-refractivity contribution in [3.8, 4) is 0 Å². The molecule has 1 aromatic rings. The Balaban J connectivity index is 2.61. The molecule has 0 bridgehead atoms. The first-order valence-corrected chi connectivity index (χ1v) is 4.43. The Kier molecular flexibility index (Phi) is 1.85. The fourth-order valence-corrected chi connectivity index (χ4v) is 1.75. The average molecular weight is 177 g/mol. The van der Waals surface area contributed by atoms with Gasteiger partial charge in [-0.3, -0.25) is 0 Å². The predicted octanol–water partition coefficient (Wildman–Crippen LogP) is 2.44. The lowest BCUT2D eigenvalue weighted by molar-refractivity contribution is 1.01. The summed E-state index contributed by atoms with van der Waals surface area (Å²) in [5.41, 5.74) is 2.50. The molecule has 1 heterocycles. The van der Waals surface area contributed by atoms with Crippen molar-refractivity contribution in [1.82, 2.24) is 0 Å². The molecule has 0 saturated heterocycles. The zero-order valence-electron chi connectivity index (χ0n) is 6.99. The third-order valence-electron chi connectivity index (χ3n) is 2.14. The van der Waals surface area contributed by atoms with Crippen LogP contribution in [0.25, 0.3) is 6.08 Å². The number of anilines is 1. The summed E-state index contributed by atoms with van der Waals surface area (Å²) in [4.78, 5) is 3.27. The van der Waals surface area contributed by atoms with E-state index in [1.165, 1.54) is 11.3 Å². The van der Waals surface area contributed by atoms with Crippen molar-refractivity contribution in [2.24, 2.45) is 0 Å². The number of fused-ring (bicyclic) bond motifs is 1. The Morgan fingerprint density at radius 1 is 1.42 bits per heavy atom. The van der Waals surface area contributed by atoms with Crippen LogP contribution in [0.1, 0.15) is 5.56 Å². The van der Waals surface area contributed by atoms with Crippen LogP contribution in [0.2, 0.25) is 0 Å². The summed E-state index contributed by atoms with van der Waals surface area (Å²) in [6.07, 6.45) is 4.29. The van der Waals surface area contributed by atoms with E-state index < -0.39 is 0 Å². The fraction of sp³-hybridized carbons (Fsp3) is 0.200. The zero-order chi connectivity index (χ0) is 8.55. The van der Waals surface area contributed by atoms with Gasteiger partial charge in [-0.15, -0.1) is 12.6 Å². The number of nitrogens with zero attached hydrogens (tertiary/aromatic N) is 1. The van der Waals surface area contributed by atoms with Gasteiger partial charge in [0.05, 0.1) is 0 Å². The number of hydrogen-bond acceptors (Lipinski definition) is 2. The molecular formula is C10H11NS. The van der Waals surface area contributed by atoms with Crippen LogP contribution in [0.15, 0.2) is 29.2 Å². The predicted molar refractivity (Wildman–Crippen MR) is 56.0 cm³/mol. The fourth-order valence-electron chi connectivity index (χ4n) is 1.47. The van der Waals surface area contributed by atoms with Crippen LogP contribution < -0.4 is 4.90 Å². The molecule has 0 fully saturated rings. The van der Waals surface area contributed by atoms with Gasteiger partial charge in [0, 0.05) is 29.7 Å². The summed E-state index contributed by atoms with van der Waals surface area (Å²) in [5.74, 6) is 0. The van der Waals surface area contributed by atoms with Crippen LogP contribution in [0.3, 0.4) is 0 Å². The molecule has 0 aliphatic carbocycles. The van der Waals surface area contributed by atoms with Crippen LogP contribution >= 0.6 is 12.6 Å². The first-order chi connectivity index (χ1) is 5.79. The first kappa shape index (κ1) is 7.74. The summed E-state index contributed by atoms with van der Waals surface area (Å²) in [6.45, 7) is 0.990. The number of likely N-dealkylation sites (N-methyl/N-ethyl adjacent to an activating group) is 1. The van der Waals surface area contributed by atoms with E-state index in [1.807, 2.05) is 12.1 Å². The summed E-state index contributed by atoms with van der Waals surface area (Å²) in [7, 11) is 2.09.